The van der Waals surface area contributed by atoms with Crippen molar-refractivity contribution < 1.29 is 4.79 Å². The van der Waals surface area contributed by atoms with Crippen LogP contribution in [-0.2, 0) is 11.3 Å². The number of hydrogen-bond donors (Lipinski definition) is 4. The molecule has 2 fully saturated rings. The molecule has 1 amide bonds. The number of hydrazine groups is 1. The number of hydrogen-bond acceptors (Lipinski definition) is 5. The molecule has 0 aliphatic carbocycles. The molecule has 0 radical (unpaired) electrons. The summed E-state index contributed by atoms with van der Waals surface area (Å²) in [5.41, 5.74) is 11.8. The largest absolute Gasteiger partial charge is 0.369 e. The molecule has 1 aromatic rings. The lowest BCUT2D eigenvalue weighted by Gasteiger charge is -2.30. The topological polar surface area (TPSA) is 99.1 Å². The van der Waals surface area contributed by atoms with E-state index in [0.717, 1.165) is 31.8 Å². The minimum Gasteiger partial charge on any atom is -0.369 e. The number of nitrogens with one attached hydrogen (secondary N) is 3. The van der Waals surface area contributed by atoms with Crippen LogP contribution in [0.25, 0.3) is 0 Å². The fourth-order valence-electron chi connectivity index (χ4n) is 3.19. The molecule has 3 unspecified atom stereocenters. The van der Waals surface area contributed by atoms with Crippen molar-refractivity contribution in [2.45, 2.75) is 31.5 Å². The fraction of sp³-hybridized carbons (Fsp3) is 0.667. The van der Waals surface area contributed by atoms with Gasteiger partial charge in [-0.05, 0) is 19.4 Å². The van der Waals surface area contributed by atoms with Crippen LogP contribution < -0.4 is 16.6 Å². The summed E-state index contributed by atoms with van der Waals surface area (Å²) in [5.74, 6) is 0.600. The first-order valence-electron chi connectivity index (χ1n) is 6.75. The van der Waals surface area contributed by atoms with Crippen molar-refractivity contribution in [2.24, 2.45) is 11.7 Å². The molecule has 3 atom stereocenters. The Morgan fingerprint density at radius 1 is 1.58 bits per heavy atom. The highest BCUT2D eigenvalue weighted by atomic mass is 16.1. The zero-order valence-corrected chi connectivity index (χ0v) is 10.8. The minimum atomic E-state index is -0.229. The van der Waals surface area contributed by atoms with E-state index in [9.17, 15) is 4.79 Å². The Labute approximate surface area is 111 Å². The summed E-state index contributed by atoms with van der Waals surface area (Å²) in [6.07, 6.45) is 5.84. The first-order chi connectivity index (χ1) is 9.25. The molecule has 19 heavy (non-hydrogen) atoms. The number of rotatable bonds is 4. The van der Waals surface area contributed by atoms with Gasteiger partial charge >= 0.3 is 0 Å². The third kappa shape index (κ3) is 2.49. The Hall–Kier alpha value is -1.44. The van der Waals surface area contributed by atoms with Crippen molar-refractivity contribution in [3.63, 3.8) is 0 Å². The van der Waals surface area contributed by atoms with Gasteiger partial charge in [0.1, 0.15) is 5.82 Å². The molecule has 2 aliphatic heterocycles. The van der Waals surface area contributed by atoms with Crippen LogP contribution in [0.15, 0.2) is 12.4 Å². The maximum Gasteiger partial charge on any atom is 0.223 e. The van der Waals surface area contributed by atoms with E-state index in [2.05, 4.69) is 25.7 Å². The Bertz CT molecular complexity index is 433. The number of aromatic amines is 1. The van der Waals surface area contributed by atoms with Crippen molar-refractivity contribution in [1.82, 2.24) is 25.7 Å². The number of imidazole rings is 1. The molecular formula is C12H20N6O. The predicted molar refractivity (Wildman–Crippen MR) is 69.6 cm³/mol. The highest BCUT2D eigenvalue weighted by molar-refractivity contribution is 5.78. The number of primary amides is 1. The van der Waals surface area contributed by atoms with E-state index >= 15 is 0 Å². The molecule has 3 heterocycles. The number of H-pyrrole nitrogens is 1. The van der Waals surface area contributed by atoms with Crippen LogP contribution in [0.1, 0.15) is 18.7 Å². The monoisotopic (exact) mass is 264 g/mol. The standard InChI is InChI=1S/C12H20N6O/c13-12(19)8-6-16-17-11(8)9-2-1-5-18(9)7-10-14-3-4-15-10/h3-4,8-9,11,16-17H,1-2,5-7H2,(H2,13,19)(H,14,15). The molecule has 0 saturated carbocycles. The molecule has 1 aromatic heterocycles. The SMILES string of the molecule is NC(=O)C1CNNC1C1CCCN1Cc1ncc[nH]1. The average Bonchev–Trinajstić information content (AvgIpc) is 3.08. The first-order valence-corrected chi connectivity index (χ1v) is 6.75. The number of likely N-dealkylation sites (tertiary alicyclic amines) is 1. The number of aromatic nitrogens is 2. The summed E-state index contributed by atoms with van der Waals surface area (Å²) in [6.45, 7) is 2.45. The van der Waals surface area contributed by atoms with E-state index in [1.807, 2.05) is 6.20 Å². The number of nitrogens with two attached hydrogens (primary N) is 1. The van der Waals surface area contributed by atoms with Crippen LogP contribution in [0, 0.1) is 5.92 Å². The number of carbonyl (C=O) groups is 1. The van der Waals surface area contributed by atoms with Gasteiger partial charge in [0.05, 0.1) is 12.5 Å². The predicted octanol–water partition coefficient (Wildman–Crippen LogP) is -1.05. The normalized spacial score (nSPS) is 31.9. The molecule has 0 aromatic carbocycles. The quantitative estimate of drug-likeness (QED) is 0.556. The summed E-state index contributed by atoms with van der Waals surface area (Å²) >= 11 is 0. The lowest BCUT2D eigenvalue weighted by atomic mass is 9.93. The van der Waals surface area contributed by atoms with Gasteiger partial charge in [0.15, 0.2) is 0 Å². The molecule has 5 N–H and O–H groups in total. The first kappa shape index (κ1) is 12.6. The molecular weight excluding hydrogens is 244 g/mol. The molecule has 2 aliphatic rings. The summed E-state index contributed by atoms with van der Waals surface area (Å²) in [7, 11) is 0. The van der Waals surface area contributed by atoms with Gasteiger partial charge in [-0.15, -0.1) is 0 Å². The third-order valence-electron chi connectivity index (χ3n) is 4.13. The van der Waals surface area contributed by atoms with Crippen LogP contribution in [-0.4, -0.2) is 45.9 Å². The fourth-order valence-corrected chi connectivity index (χ4v) is 3.19. The summed E-state index contributed by atoms with van der Waals surface area (Å²) in [5, 5.41) is 0. The van der Waals surface area contributed by atoms with E-state index < -0.39 is 0 Å². The highest BCUT2D eigenvalue weighted by Crippen LogP contribution is 2.26. The second kappa shape index (κ2) is 5.28. The van der Waals surface area contributed by atoms with Crippen LogP contribution in [0.5, 0.6) is 0 Å². The van der Waals surface area contributed by atoms with Gasteiger partial charge in [-0.2, -0.15) is 0 Å². The van der Waals surface area contributed by atoms with Gasteiger partial charge in [0.25, 0.3) is 0 Å². The van der Waals surface area contributed by atoms with Gasteiger partial charge in [-0.1, -0.05) is 0 Å². The molecule has 7 nitrogen and oxygen atoms in total. The Kier molecular flexibility index (Phi) is 3.50. The summed E-state index contributed by atoms with van der Waals surface area (Å²) in [6, 6.07) is 0.424. The van der Waals surface area contributed by atoms with Crippen LogP contribution in [0.2, 0.25) is 0 Å². The van der Waals surface area contributed by atoms with Crippen molar-refractivity contribution in [2.75, 3.05) is 13.1 Å². The zero-order chi connectivity index (χ0) is 13.2. The van der Waals surface area contributed by atoms with Crippen molar-refractivity contribution in [3.8, 4) is 0 Å². The van der Waals surface area contributed by atoms with E-state index in [4.69, 9.17) is 5.73 Å². The lowest BCUT2D eigenvalue weighted by Crippen LogP contribution is -2.50. The van der Waals surface area contributed by atoms with E-state index in [1.165, 1.54) is 0 Å². The Balaban J connectivity index is 1.70. The van der Waals surface area contributed by atoms with Crippen LogP contribution >= 0.6 is 0 Å². The number of carbonyl (C=O) groups excluding carboxylic acids is 1. The maximum absolute atomic E-state index is 11.5. The van der Waals surface area contributed by atoms with E-state index in [0.29, 0.717) is 12.6 Å². The molecule has 0 bridgehead atoms. The maximum atomic E-state index is 11.5. The molecule has 3 rings (SSSR count). The second-order valence-corrected chi connectivity index (χ2v) is 5.28. The van der Waals surface area contributed by atoms with Gasteiger partial charge in [-0.25, -0.2) is 4.98 Å². The smallest absolute Gasteiger partial charge is 0.223 e. The van der Waals surface area contributed by atoms with Gasteiger partial charge in [0.2, 0.25) is 5.91 Å². The van der Waals surface area contributed by atoms with Gasteiger partial charge < -0.3 is 10.7 Å². The zero-order valence-electron chi connectivity index (χ0n) is 10.8. The van der Waals surface area contributed by atoms with Gasteiger partial charge in [0, 0.05) is 31.0 Å². The van der Waals surface area contributed by atoms with Crippen molar-refractivity contribution in [1.29, 1.82) is 0 Å². The van der Waals surface area contributed by atoms with Crippen molar-refractivity contribution in [3.05, 3.63) is 18.2 Å². The van der Waals surface area contributed by atoms with Crippen LogP contribution in [0.4, 0.5) is 0 Å². The highest BCUT2D eigenvalue weighted by Gasteiger charge is 2.41. The van der Waals surface area contributed by atoms with E-state index in [-0.39, 0.29) is 17.9 Å². The molecule has 0 spiro atoms. The minimum absolute atomic E-state index is 0.0926. The third-order valence-corrected chi connectivity index (χ3v) is 4.13. The van der Waals surface area contributed by atoms with Gasteiger partial charge in [-0.3, -0.25) is 20.5 Å². The van der Waals surface area contributed by atoms with E-state index in [1.54, 1.807) is 6.20 Å². The average molecular weight is 264 g/mol. The summed E-state index contributed by atoms with van der Waals surface area (Å²) in [4.78, 5) is 21.3. The lowest BCUT2D eigenvalue weighted by molar-refractivity contribution is -0.122. The number of amides is 1. The molecule has 2 saturated heterocycles. The molecule has 7 heteroatoms. The van der Waals surface area contributed by atoms with Crippen molar-refractivity contribution >= 4 is 5.91 Å². The molecule has 104 valence electrons. The number of nitrogens with zero attached hydrogens (tertiary/aromatic N) is 2. The summed E-state index contributed by atoms with van der Waals surface area (Å²) < 4.78 is 0. The Morgan fingerprint density at radius 2 is 2.47 bits per heavy atom. The Morgan fingerprint density at radius 3 is 3.21 bits per heavy atom. The van der Waals surface area contributed by atoms with Crippen LogP contribution in [0.3, 0.4) is 0 Å². The second-order valence-electron chi connectivity index (χ2n) is 5.28.